The number of nitrogens with zero attached hydrogens (tertiary/aromatic N) is 2. The van der Waals surface area contributed by atoms with Crippen molar-refractivity contribution in [3.8, 4) is 17.0 Å². The molecule has 0 bridgehead atoms. The standard InChI is InChI=1S/C28H26N2O3/c1-2-23(28(31)32)17-25-19-30(29-27(25)24-11-7-4-8-12-24)18-21-13-15-26(16-14-21)33-20-22-9-5-3-6-10-22/h3-17,19H,2,18,20H2,1H3,(H,31,32). The Kier molecular flexibility index (Phi) is 7.00. The summed E-state index contributed by atoms with van der Waals surface area (Å²) in [6, 6.07) is 27.8. The third-order valence-electron chi connectivity index (χ3n) is 5.34. The topological polar surface area (TPSA) is 64.4 Å². The first-order valence-electron chi connectivity index (χ1n) is 10.9. The van der Waals surface area contributed by atoms with Gasteiger partial charge in [-0.2, -0.15) is 5.10 Å². The summed E-state index contributed by atoms with van der Waals surface area (Å²) in [7, 11) is 0. The van der Waals surface area contributed by atoms with Crippen molar-refractivity contribution >= 4 is 12.0 Å². The molecule has 1 aromatic heterocycles. The summed E-state index contributed by atoms with van der Waals surface area (Å²) in [6.07, 6.45) is 4.06. The Labute approximate surface area is 193 Å². The minimum Gasteiger partial charge on any atom is -0.489 e. The van der Waals surface area contributed by atoms with Crippen molar-refractivity contribution in [1.82, 2.24) is 9.78 Å². The number of rotatable bonds is 9. The Morgan fingerprint density at radius 1 is 0.939 bits per heavy atom. The molecule has 0 radical (unpaired) electrons. The number of hydrogen-bond acceptors (Lipinski definition) is 3. The second-order valence-electron chi connectivity index (χ2n) is 7.74. The maximum Gasteiger partial charge on any atom is 0.331 e. The fourth-order valence-electron chi connectivity index (χ4n) is 3.57. The van der Waals surface area contributed by atoms with Crippen molar-refractivity contribution < 1.29 is 14.6 Å². The van der Waals surface area contributed by atoms with Crippen LogP contribution in [0.2, 0.25) is 0 Å². The van der Waals surface area contributed by atoms with Gasteiger partial charge in [0.05, 0.1) is 12.2 Å². The molecule has 0 aliphatic carbocycles. The Balaban J connectivity index is 1.53. The van der Waals surface area contributed by atoms with Crippen LogP contribution in [0.3, 0.4) is 0 Å². The molecule has 1 heterocycles. The monoisotopic (exact) mass is 438 g/mol. The molecule has 0 spiro atoms. The minimum absolute atomic E-state index is 0.353. The van der Waals surface area contributed by atoms with E-state index in [2.05, 4.69) is 0 Å². The van der Waals surface area contributed by atoms with E-state index in [1.807, 2.05) is 103 Å². The third kappa shape index (κ3) is 5.77. The van der Waals surface area contributed by atoms with E-state index < -0.39 is 5.97 Å². The van der Waals surface area contributed by atoms with Gasteiger partial charge in [0.2, 0.25) is 0 Å². The average Bonchev–Trinajstić information content (AvgIpc) is 3.25. The Bertz CT molecular complexity index is 1230. The molecule has 5 heteroatoms. The maximum atomic E-state index is 11.5. The van der Waals surface area contributed by atoms with E-state index in [4.69, 9.17) is 9.84 Å². The van der Waals surface area contributed by atoms with Crippen LogP contribution in [0.4, 0.5) is 0 Å². The summed E-state index contributed by atoms with van der Waals surface area (Å²) in [5.41, 5.74) is 5.07. The summed E-state index contributed by atoms with van der Waals surface area (Å²) in [5.74, 6) is -0.0962. The van der Waals surface area contributed by atoms with Crippen molar-refractivity contribution in [3.05, 3.63) is 113 Å². The lowest BCUT2D eigenvalue weighted by molar-refractivity contribution is -0.132. The number of carboxylic acid groups (broad SMARTS) is 1. The van der Waals surface area contributed by atoms with Gasteiger partial charge in [-0.3, -0.25) is 4.68 Å². The predicted octanol–water partition coefficient (Wildman–Crippen LogP) is 6.06. The molecule has 0 unspecified atom stereocenters. The van der Waals surface area contributed by atoms with Crippen LogP contribution < -0.4 is 4.74 Å². The Morgan fingerprint density at radius 3 is 2.24 bits per heavy atom. The van der Waals surface area contributed by atoms with Gasteiger partial charge < -0.3 is 9.84 Å². The van der Waals surface area contributed by atoms with E-state index in [0.29, 0.717) is 25.1 Å². The summed E-state index contributed by atoms with van der Waals surface area (Å²) in [6.45, 7) is 2.94. The Morgan fingerprint density at radius 2 is 1.61 bits per heavy atom. The molecular weight excluding hydrogens is 412 g/mol. The van der Waals surface area contributed by atoms with Crippen LogP contribution in [-0.2, 0) is 17.9 Å². The molecule has 0 fully saturated rings. The van der Waals surface area contributed by atoms with Gasteiger partial charge in [0, 0.05) is 22.9 Å². The van der Waals surface area contributed by atoms with E-state index in [1.54, 1.807) is 6.08 Å². The molecule has 0 amide bonds. The first kappa shape index (κ1) is 22.1. The molecule has 0 aliphatic rings. The number of aliphatic carboxylic acids is 1. The minimum atomic E-state index is -0.907. The number of aromatic nitrogens is 2. The number of carboxylic acids is 1. The van der Waals surface area contributed by atoms with E-state index in [0.717, 1.165) is 33.7 Å². The zero-order chi connectivity index (χ0) is 23.0. The second-order valence-corrected chi connectivity index (χ2v) is 7.74. The maximum absolute atomic E-state index is 11.5. The molecule has 5 nitrogen and oxygen atoms in total. The molecule has 0 saturated carbocycles. The summed E-state index contributed by atoms with van der Waals surface area (Å²) in [4.78, 5) is 11.5. The number of benzene rings is 3. The lowest BCUT2D eigenvalue weighted by Gasteiger charge is -2.07. The number of ether oxygens (including phenoxy) is 1. The van der Waals surface area contributed by atoms with Crippen LogP contribution in [0.15, 0.2) is 96.7 Å². The van der Waals surface area contributed by atoms with E-state index in [-0.39, 0.29) is 0 Å². The average molecular weight is 439 g/mol. The largest absolute Gasteiger partial charge is 0.489 e. The third-order valence-corrected chi connectivity index (χ3v) is 5.34. The molecule has 4 aromatic rings. The van der Waals surface area contributed by atoms with Crippen LogP contribution >= 0.6 is 0 Å². The normalized spacial score (nSPS) is 11.4. The molecule has 166 valence electrons. The second kappa shape index (κ2) is 10.5. The molecule has 33 heavy (non-hydrogen) atoms. The molecule has 0 saturated heterocycles. The summed E-state index contributed by atoms with van der Waals surface area (Å²) in [5, 5.41) is 14.2. The van der Waals surface area contributed by atoms with Crippen LogP contribution in [0.5, 0.6) is 5.75 Å². The van der Waals surface area contributed by atoms with Crippen molar-refractivity contribution in [3.63, 3.8) is 0 Å². The van der Waals surface area contributed by atoms with Crippen LogP contribution in [0.25, 0.3) is 17.3 Å². The highest BCUT2D eigenvalue weighted by Crippen LogP contribution is 2.25. The van der Waals surface area contributed by atoms with Gasteiger partial charge >= 0.3 is 5.97 Å². The highest BCUT2D eigenvalue weighted by atomic mass is 16.5. The SMILES string of the molecule is CCC(=Cc1cn(Cc2ccc(OCc3ccccc3)cc2)nc1-c1ccccc1)C(=O)O. The van der Waals surface area contributed by atoms with Gasteiger partial charge in [-0.05, 0) is 35.8 Å². The highest BCUT2D eigenvalue weighted by molar-refractivity contribution is 5.93. The number of carbonyl (C=O) groups is 1. The fourth-order valence-corrected chi connectivity index (χ4v) is 3.57. The van der Waals surface area contributed by atoms with Gasteiger partial charge in [-0.15, -0.1) is 0 Å². The predicted molar refractivity (Wildman–Crippen MR) is 130 cm³/mol. The highest BCUT2D eigenvalue weighted by Gasteiger charge is 2.13. The summed E-state index contributed by atoms with van der Waals surface area (Å²) < 4.78 is 7.72. The summed E-state index contributed by atoms with van der Waals surface area (Å²) >= 11 is 0. The van der Waals surface area contributed by atoms with Gasteiger partial charge in [0.1, 0.15) is 12.4 Å². The van der Waals surface area contributed by atoms with E-state index in [1.165, 1.54) is 0 Å². The molecule has 4 rings (SSSR count). The van der Waals surface area contributed by atoms with Crippen LogP contribution in [0.1, 0.15) is 30.0 Å². The zero-order valence-corrected chi connectivity index (χ0v) is 18.5. The molecule has 0 atom stereocenters. The lowest BCUT2D eigenvalue weighted by atomic mass is 10.0. The van der Waals surface area contributed by atoms with Crippen molar-refractivity contribution in [2.75, 3.05) is 0 Å². The van der Waals surface area contributed by atoms with Gasteiger partial charge in [-0.25, -0.2) is 4.79 Å². The van der Waals surface area contributed by atoms with Crippen LogP contribution in [0, 0.1) is 0 Å². The molecule has 0 aliphatic heterocycles. The first-order chi connectivity index (χ1) is 16.1. The lowest BCUT2D eigenvalue weighted by Crippen LogP contribution is -2.01. The van der Waals surface area contributed by atoms with E-state index >= 15 is 0 Å². The zero-order valence-electron chi connectivity index (χ0n) is 18.5. The quantitative estimate of drug-likeness (QED) is 0.323. The molecule has 1 N–H and O–H groups in total. The first-order valence-corrected chi connectivity index (χ1v) is 10.9. The fraction of sp³-hybridized carbons (Fsp3) is 0.143. The van der Waals surface area contributed by atoms with Gasteiger partial charge in [0.25, 0.3) is 0 Å². The van der Waals surface area contributed by atoms with E-state index in [9.17, 15) is 9.90 Å². The molecule has 3 aromatic carbocycles. The number of hydrogen-bond donors (Lipinski definition) is 1. The van der Waals surface area contributed by atoms with Gasteiger partial charge in [0.15, 0.2) is 0 Å². The Hall–Kier alpha value is -4.12. The molecular formula is C28H26N2O3. The van der Waals surface area contributed by atoms with Crippen molar-refractivity contribution in [2.45, 2.75) is 26.5 Å². The smallest absolute Gasteiger partial charge is 0.331 e. The van der Waals surface area contributed by atoms with Crippen LogP contribution in [-0.4, -0.2) is 20.9 Å². The van der Waals surface area contributed by atoms with Crippen molar-refractivity contribution in [2.24, 2.45) is 0 Å². The van der Waals surface area contributed by atoms with Crippen molar-refractivity contribution in [1.29, 1.82) is 0 Å². The van der Waals surface area contributed by atoms with Gasteiger partial charge in [-0.1, -0.05) is 79.7 Å².